The van der Waals surface area contributed by atoms with Crippen molar-refractivity contribution in [2.24, 2.45) is 0 Å². The van der Waals surface area contributed by atoms with E-state index in [1.165, 1.54) is 77.4 Å². The Labute approximate surface area is 407 Å². The van der Waals surface area contributed by atoms with Gasteiger partial charge in [0.05, 0.1) is 16.4 Å². The van der Waals surface area contributed by atoms with Crippen molar-refractivity contribution in [3.05, 3.63) is 276 Å². The molecular weight excluding hydrogens is 849 g/mol. The maximum Gasteiger partial charge on any atom is 0.164 e. The first-order valence-corrected chi connectivity index (χ1v) is 24.0. The molecule has 0 atom stereocenters. The number of para-hydroxylation sites is 2. The molecule has 2 heterocycles. The van der Waals surface area contributed by atoms with Crippen molar-refractivity contribution < 1.29 is 0 Å². The maximum absolute atomic E-state index is 5.09. The Kier molecular flexibility index (Phi) is 9.81. The molecule has 4 nitrogen and oxygen atoms in total. The van der Waals surface area contributed by atoms with Crippen LogP contribution in [-0.2, 0) is 5.41 Å². The van der Waals surface area contributed by atoms with E-state index in [4.69, 9.17) is 15.0 Å². The Hall–Kier alpha value is -8.99. The SMILES string of the molecule is Cc1ccc(C2(c3ccc(C)cc3)c3cc(-c4cccc(-c5nc(-c6ccccc6)nc(-c6ccccc6)n5)c4)ccc3-c3ccc(-c4ccc5c(c4)c4ccccc4n5-c4ccccc4)cc32)cc1. The molecule has 0 bridgehead atoms. The number of hydrogen-bond donors (Lipinski definition) is 0. The first-order valence-electron chi connectivity index (χ1n) is 24.0. The number of fused-ring (bicyclic) bond motifs is 6. The third-order valence-corrected chi connectivity index (χ3v) is 14.3. The van der Waals surface area contributed by atoms with E-state index in [2.05, 4.69) is 225 Å². The average molecular weight is 895 g/mol. The molecule has 330 valence electrons. The third-order valence-electron chi connectivity index (χ3n) is 14.3. The van der Waals surface area contributed by atoms with E-state index in [9.17, 15) is 0 Å². The van der Waals surface area contributed by atoms with Crippen LogP contribution >= 0.6 is 0 Å². The van der Waals surface area contributed by atoms with Gasteiger partial charge in [-0.2, -0.15) is 0 Å². The van der Waals surface area contributed by atoms with Crippen LogP contribution in [0.15, 0.2) is 243 Å². The van der Waals surface area contributed by atoms with Crippen LogP contribution < -0.4 is 0 Å². The van der Waals surface area contributed by atoms with E-state index in [-0.39, 0.29) is 0 Å². The summed E-state index contributed by atoms with van der Waals surface area (Å²) in [6.45, 7) is 4.34. The highest BCUT2D eigenvalue weighted by Gasteiger charge is 2.46. The van der Waals surface area contributed by atoms with Gasteiger partial charge in [-0.05, 0) is 118 Å². The van der Waals surface area contributed by atoms with Crippen LogP contribution in [0.5, 0.6) is 0 Å². The van der Waals surface area contributed by atoms with Crippen LogP contribution in [0, 0.1) is 13.8 Å². The third kappa shape index (κ3) is 6.79. The first kappa shape index (κ1) is 41.2. The highest BCUT2D eigenvalue weighted by Crippen LogP contribution is 2.57. The molecule has 0 fully saturated rings. The highest BCUT2D eigenvalue weighted by molar-refractivity contribution is 6.10. The van der Waals surface area contributed by atoms with Crippen LogP contribution in [0.25, 0.3) is 95.0 Å². The summed E-state index contributed by atoms with van der Waals surface area (Å²) >= 11 is 0. The summed E-state index contributed by atoms with van der Waals surface area (Å²) in [5.74, 6) is 1.92. The molecule has 4 heteroatoms. The molecule has 1 aliphatic rings. The molecule has 10 aromatic carbocycles. The summed E-state index contributed by atoms with van der Waals surface area (Å²) in [7, 11) is 0. The van der Waals surface area contributed by atoms with Gasteiger partial charge < -0.3 is 4.57 Å². The predicted octanol–water partition coefficient (Wildman–Crippen LogP) is 16.3. The highest BCUT2D eigenvalue weighted by atomic mass is 15.0. The lowest BCUT2D eigenvalue weighted by molar-refractivity contribution is 0.768. The largest absolute Gasteiger partial charge is 0.309 e. The van der Waals surface area contributed by atoms with Crippen LogP contribution in [0.1, 0.15) is 33.4 Å². The average Bonchev–Trinajstić information content (AvgIpc) is 3.91. The van der Waals surface area contributed by atoms with Crippen LogP contribution in [-0.4, -0.2) is 19.5 Å². The topological polar surface area (TPSA) is 43.6 Å². The monoisotopic (exact) mass is 894 g/mol. The number of aromatic nitrogens is 4. The van der Waals surface area contributed by atoms with E-state index < -0.39 is 5.41 Å². The summed E-state index contributed by atoms with van der Waals surface area (Å²) < 4.78 is 2.38. The Bertz CT molecular complexity index is 3830. The van der Waals surface area contributed by atoms with Gasteiger partial charge in [-0.25, -0.2) is 15.0 Å². The molecule has 13 rings (SSSR count). The summed E-state index contributed by atoms with van der Waals surface area (Å²) in [5.41, 5.74) is 20.3. The van der Waals surface area contributed by atoms with Crippen molar-refractivity contribution in [1.29, 1.82) is 0 Å². The van der Waals surface area contributed by atoms with Crippen molar-refractivity contribution in [1.82, 2.24) is 19.5 Å². The molecule has 0 unspecified atom stereocenters. The minimum Gasteiger partial charge on any atom is -0.309 e. The smallest absolute Gasteiger partial charge is 0.164 e. The van der Waals surface area contributed by atoms with Gasteiger partial charge >= 0.3 is 0 Å². The Morgan fingerprint density at radius 3 is 1.31 bits per heavy atom. The second kappa shape index (κ2) is 16.7. The zero-order valence-corrected chi connectivity index (χ0v) is 38.9. The quantitative estimate of drug-likeness (QED) is 0.153. The molecule has 12 aromatic rings. The molecule has 0 saturated heterocycles. The lowest BCUT2D eigenvalue weighted by atomic mass is 9.67. The number of aryl methyl sites for hydroxylation is 2. The molecule has 2 aromatic heterocycles. The molecule has 0 N–H and O–H groups in total. The van der Waals surface area contributed by atoms with Gasteiger partial charge in [0.25, 0.3) is 0 Å². The minimum atomic E-state index is -0.619. The summed E-state index contributed by atoms with van der Waals surface area (Å²) in [4.78, 5) is 15.1. The molecule has 0 aliphatic heterocycles. The number of hydrogen-bond acceptors (Lipinski definition) is 3. The fourth-order valence-corrected chi connectivity index (χ4v) is 10.9. The maximum atomic E-state index is 5.09. The second-order valence-corrected chi connectivity index (χ2v) is 18.5. The molecule has 0 radical (unpaired) electrons. The molecule has 1 aliphatic carbocycles. The van der Waals surface area contributed by atoms with Gasteiger partial charge in [-0.15, -0.1) is 0 Å². The molecule has 0 amide bonds. The zero-order chi connectivity index (χ0) is 46.8. The van der Waals surface area contributed by atoms with Crippen LogP contribution in [0.4, 0.5) is 0 Å². The van der Waals surface area contributed by atoms with Gasteiger partial charge in [0.1, 0.15) is 0 Å². The Morgan fingerprint density at radius 1 is 0.314 bits per heavy atom. The summed E-state index contributed by atoms with van der Waals surface area (Å²) in [6, 6.07) is 88.0. The molecule has 70 heavy (non-hydrogen) atoms. The first-order chi connectivity index (χ1) is 34.5. The van der Waals surface area contributed by atoms with Gasteiger partial charge in [0.15, 0.2) is 17.5 Å². The number of nitrogens with zero attached hydrogens (tertiary/aromatic N) is 4. The molecule has 0 spiro atoms. The minimum absolute atomic E-state index is 0.619. The van der Waals surface area contributed by atoms with Crippen molar-refractivity contribution in [2.45, 2.75) is 19.3 Å². The van der Waals surface area contributed by atoms with Gasteiger partial charge in [0, 0.05) is 33.2 Å². The number of benzene rings is 10. The standard InChI is InChI=1S/C66H46N4/c1-43-25-32-52(33-26-43)66(53-34-27-44(2)28-35-53)59-41-49(47-19-14-20-51(39-47)65-68-63(45-15-6-3-7-16-45)67-64(69-65)46-17-8-4-9-18-46)29-36-55(59)56-37-30-50(42-60(56)66)48-31-38-62-58(40-48)57-23-12-13-24-61(57)70(62)54-21-10-5-11-22-54/h3-42H,1-2H3. The van der Waals surface area contributed by atoms with Gasteiger partial charge in [-0.3, -0.25) is 0 Å². The normalized spacial score (nSPS) is 12.5. The van der Waals surface area contributed by atoms with Crippen molar-refractivity contribution in [2.75, 3.05) is 0 Å². The van der Waals surface area contributed by atoms with E-state index in [1.807, 2.05) is 36.4 Å². The van der Waals surface area contributed by atoms with E-state index in [1.54, 1.807) is 0 Å². The van der Waals surface area contributed by atoms with Crippen molar-refractivity contribution in [3.8, 4) is 73.2 Å². The molecule has 0 saturated carbocycles. The summed E-state index contributed by atoms with van der Waals surface area (Å²) in [5, 5.41) is 2.48. The molecular formula is C66H46N4. The Balaban J connectivity index is 0.990. The lowest BCUT2D eigenvalue weighted by Gasteiger charge is -2.34. The fraction of sp³-hybridized carbons (Fsp3) is 0.0455. The van der Waals surface area contributed by atoms with Crippen LogP contribution in [0.3, 0.4) is 0 Å². The van der Waals surface area contributed by atoms with E-state index in [0.717, 1.165) is 33.5 Å². The predicted molar refractivity (Wildman–Crippen MR) is 288 cm³/mol. The lowest BCUT2D eigenvalue weighted by Crippen LogP contribution is -2.28. The summed E-state index contributed by atoms with van der Waals surface area (Å²) in [6.07, 6.45) is 0. The van der Waals surface area contributed by atoms with E-state index in [0.29, 0.717) is 17.5 Å². The fourth-order valence-electron chi connectivity index (χ4n) is 10.9. The van der Waals surface area contributed by atoms with E-state index >= 15 is 0 Å². The van der Waals surface area contributed by atoms with Crippen LogP contribution in [0.2, 0.25) is 0 Å². The van der Waals surface area contributed by atoms with Gasteiger partial charge in [-0.1, -0.05) is 205 Å². The number of rotatable bonds is 8. The van der Waals surface area contributed by atoms with Crippen molar-refractivity contribution in [3.63, 3.8) is 0 Å². The second-order valence-electron chi connectivity index (χ2n) is 18.5. The Morgan fingerprint density at radius 2 is 0.743 bits per heavy atom. The van der Waals surface area contributed by atoms with Gasteiger partial charge in [0.2, 0.25) is 0 Å². The zero-order valence-electron chi connectivity index (χ0n) is 38.9. The van der Waals surface area contributed by atoms with Crippen molar-refractivity contribution >= 4 is 21.8 Å².